The van der Waals surface area contributed by atoms with Crippen LogP contribution in [0.4, 0.5) is 0 Å². The van der Waals surface area contributed by atoms with E-state index in [1.165, 1.54) is 11.1 Å². The highest BCUT2D eigenvalue weighted by molar-refractivity contribution is 5.23. The predicted molar refractivity (Wildman–Crippen MR) is 74.6 cm³/mol. The minimum absolute atomic E-state index is 0.0954. The topological polar surface area (TPSA) is 38.5 Å². The lowest BCUT2D eigenvalue weighted by atomic mass is 10.0. The van der Waals surface area contributed by atoms with Gasteiger partial charge in [0.05, 0.1) is 12.7 Å². The summed E-state index contributed by atoms with van der Waals surface area (Å²) < 4.78 is 5.71. The molecule has 3 nitrogen and oxygen atoms in total. The van der Waals surface area contributed by atoms with E-state index in [4.69, 9.17) is 10.5 Å². The van der Waals surface area contributed by atoms with E-state index in [1.54, 1.807) is 0 Å². The largest absolute Gasteiger partial charge is 0.374 e. The number of hydrogen-bond acceptors (Lipinski definition) is 3. The second kappa shape index (κ2) is 5.83. The van der Waals surface area contributed by atoms with Gasteiger partial charge in [-0.2, -0.15) is 0 Å². The van der Waals surface area contributed by atoms with Gasteiger partial charge < -0.3 is 10.5 Å². The number of morpholine rings is 1. The molecule has 0 radical (unpaired) electrons. The van der Waals surface area contributed by atoms with Gasteiger partial charge in [0, 0.05) is 25.2 Å². The fourth-order valence-electron chi connectivity index (χ4n) is 2.42. The van der Waals surface area contributed by atoms with Crippen LogP contribution in [0.15, 0.2) is 24.3 Å². The first kappa shape index (κ1) is 13.5. The SMILES string of the molecule is Cc1ccc(C(C)N2CCOC(C(C)N)C2)cc1. The second-order valence-corrected chi connectivity index (χ2v) is 5.35. The molecule has 100 valence electrons. The standard InChI is InChI=1S/C15H24N2O/c1-11-4-6-14(7-5-11)13(3)17-8-9-18-15(10-17)12(2)16/h4-7,12-13,15H,8-10,16H2,1-3H3. The molecule has 0 spiro atoms. The van der Waals surface area contributed by atoms with E-state index in [0.29, 0.717) is 6.04 Å². The molecule has 1 fully saturated rings. The molecule has 0 bridgehead atoms. The third kappa shape index (κ3) is 3.10. The van der Waals surface area contributed by atoms with Crippen LogP contribution in [0.1, 0.15) is 31.0 Å². The molecule has 0 aliphatic carbocycles. The van der Waals surface area contributed by atoms with Gasteiger partial charge in [-0.05, 0) is 26.3 Å². The highest BCUT2D eigenvalue weighted by atomic mass is 16.5. The van der Waals surface area contributed by atoms with Gasteiger partial charge in [0.1, 0.15) is 0 Å². The number of benzene rings is 1. The van der Waals surface area contributed by atoms with Gasteiger partial charge in [-0.15, -0.1) is 0 Å². The minimum Gasteiger partial charge on any atom is -0.374 e. The molecule has 18 heavy (non-hydrogen) atoms. The van der Waals surface area contributed by atoms with Crippen molar-refractivity contribution < 1.29 is 4.74 Å². The van der Waals surface area contributed by atoms with Crippen molar-refractivity contribution >= 4 is 0 Å². The van der Waals surface area contributed by atoms with Gasteiger partial charge in [0.2, 0.25) is 0 Å². The summed E-state index contributed by atoms with van der Waals surface area (Å²) in [5, 5.41) is 0. The average Bonchev–Trinajstić information content (AvgIpc) is 2.39. The molecule has 1 aliphatic heterocycles. The molecule has 1 heterocycles. The van der Waals surface area contributed by atoms with Crippen molar-refractivity contribution in [3.63, 3.8) is 0 Å². The maximum atomic E-state index is 5.94. The Kier molecular flexibility index (Phi) is 4.38. The molecule has 1 aromatic carbocycles. The number of nitrogens with zero attached hydrogens (tertiary/aromatic N) is 1. The van der Waals surface area contributed by atoms with E-state index in [9.17, 15) is 0 Å². The molecule has 1 saturated heterocycles. The number of ether oxygens (including phenoxy) is 1. The Morgan fingerprint density at radius 3 is 2.56 bits per heavy atom. The number of nitrogens with two attached hydrogens (primary N) is 1. The first-order chi connectivity index (χ1) is 8.58. The van der Waals surface area contributed by atoms with E-state index in [-0.39, 0.29) is 12.1 Å². The molecule has 1 aromatic rings. The molecule has 3 unspecified atom stereocenters. The van der Waals surface area contributed by atoms with Crippen LogP contribution in [0.25, 0.3) is 0 Å². The second-order valence-electron chi connectivity index (χ2n) is 5.35. The summed E-state index contributed by atoms with van der Waals surface area (Å²) >= 11 is 0. The molecule has 2 rings (SSSR count). The maximum absolute atomic E-state index is 5.94. The lowest BCUT2D eigenvalue weighted by Crippen LogP contribution is -2.50. The molecule has 3 heteroatoms. The van der Waals surface area contributed by atoms with Crippen molar-refractivity contribution in [3.05, 3.63) is 35.4 Å². The minimum atomic E-state index is 0.0954. The summed E-state index contributed by atoms with van der Waals surface area (Å²) in [4.78, 5) is 2.46. The van der Waals surface area contributed by atoms with Crippen molar-refractivity contribution in [1.82, 2.24) is 4.90 Å². The Morgan fingerprint density at radius 2 is 1.94 bits per heavy atom. The molecule has 2 N–H and O–H groups in total. The fraction of sp³-hybridized carbons (Fsp3) is 0.600. The van der Waals surface area contributed by atoms with E-state index in [1.807, 2.05) is 6.92 Å². The monoisotopic (exact) mass is 248 g/mol. The molecular formula is C15H24N2O. The zero-order valence-electron chi connectivity index (χ0n) is 11.6. The van der Waals surface area contributed by atoms with Gasteiger partial charge in [0.15, 0.2) is 0 Å². The smallest absolute Gasteiger partial charge is 0.0850 e. The first-order valence-corrected chi connectivity index (χ1v) is 6.75. The highest BCUT2D eigenvalue weighted by Gasteiger charge is 2.26. The van der Waals surface area contributed by atoms with Crippen LogP contribution in [-0.2, 0) is 4.74 Å². The number of rotatable bonds is 3. The van der Waals surface area contributed by atoms with Gasteiger partial charge in [-0.3, -0.25) is 4.90 Å². The van der Waals surface area contributed by atoms with Crippen molar-refractivity contribution in [2.24, 2.45) is 5.73 Å². The molecule has 0 aromatic heterocycles. The van der Waals surface area contributed by atoms with E-state index < -0.39 is 0 Å². The Hall–Kier alpha value is -0.900. The van der Waals surface area contributed by atoms with Gasteiger partial charge in [0.25, 0.3) is 0 Å². The molecule has 0 amide bonds. The van der Waals surface area contributed by atoms with Gasteiger partial charge in [-0.25, -0.2) is 0 Å². The summed E-state index contributed by atoms with van der Waals surface area (Å²) in [6.07, 6.45) is 0.159. The van der Waals surface area contributed by atoms with E-state index in [0.717, 1.165) is 19.7 Å². The van der Waals surface area contributed by atoms with Crippen LogP contribution >= 0.6 is 0 Å². The zero-order chi connectivity index (χ0) is 13.1. The molecule has 0 saturated carbocycles. The predicted octanol–water partition coefficient (Wildman–Crippen LogP) is 2.10. The summed E-state index contributed by atoms with van der Waals surface area (Å²) in [5.74, 6) is 0. The Balaban J connectivity index is 2.04. The number of aryl methyl sites for hydroxylation is 1. The van der Waals surface area contributed by atoms with Crippen molar-refractivity contribution in [3.8, 4) is 0 Å². The van der Waals surface area contributed by atoms with Crippen LogP contribution in [0, 0.1) is 6.92 Å². The third-order valence-electron chi connectivity index (χ3n) is 3.82. The van der Waals surface area contributed by atoms with Crippen LogP contribution in [0.3, 0.4) is 0 Å². The summed E-state index contributed by atoms with van der Waals surface area (Å²) in [6, 6.07) is 9.31. The number of hydrogen-bond donors (Lipinski definition) is 1. The quantitative estimate of drug-likeness (QED) is 0.890. The Bertz CT molecular complexity index is 375. The lowest BCUT2D eigenvalue weighted by Gasteiger charge is -2.38. The maximum Gasteiger partial charge on any atom is 0.0850 e. The molecular weight excluding hydrogens is 224 g/mol. The summed E-state index contributed by atoms with van der Waals surface area (Å²) in [5.41, 5.74) is 8.61. The lowest BCUT2D eigenvalue weighted by molar-refractivity contribution is -0.0498. The fourth-order valence-corrected chi connectivity index (χ4v) is 2.42. The van der Waals surface area contributed by atoms with Gasteiger partial charge >= 0.3 is 0 Å². The van der Waals surface area contributed by atoms with Crippen molar-refractivity contribution in [2.45, 2.75) is 39.0 Å². The average molecular weight is 248 g/mol. The summed E-state index contributed by atoms with van der Waals surface area (Å²) in [7, 11) is 0. The molecule has 3 atom stereocenters. The van der Waals surface area contributed by atoms with Crippen LogP contribution in [0.5, 0.6) is 0 Å². The third-order valence-corrected chi connectivity index (χ3v) is 3.82. The Morgan fingerprint density at radius 1 is 1.28 bits per heavy atom. The van der Waals surface area contributed by atoms with Crippen molar-refractivity contribution in [2.75, 3.05) is 19.7 Å². The highest BCUT2D eigenvalue weighted by Crippen LogP contribution is 2.23. The molecule has 1 aliphatic rings. The van der Waals surface area contributed by atoms with Crippen LogP contribution < -0.4 is 5.73 Å². The normalized spacial score (nSPS) is 24.8. The zero-order valence-corrected chi connectivity index (χ0v) is 11.6. The Labute approximate surface area is 110 Å². The van der Waals surface area contributed by atoms with E-state index in [2.05, 4.69) is 43.0 Å². The van der Waals surface area contributed by atoms with Crippen LogP contribution in [-0.4, -0.2) is 36.7 Å². The van der Waals surface area contributed by atoms with Crippen LogP contribution in [0.2, 0.25) is 0 Å². The van der Waals surface area contributed by atoms with E-state index >= 15 is 0 Å². The van der Waals surface area contributed by atoms with Crippen molar-refractivity contribution in [1.29, 1.82) is 0 Å². The first-order valence-electron chi connectivity index (χ1n) is 6.75. The van der Waals surface area contributed by atoms with Gasteiger partial charge in [-0.1, -0.05) is 29.8 Å². The summed E-state index contributed by atoms with van der Waals surface area (Å²) in [6.45, 7) is 9.08.